The molecule has 21 heavy (non-hydrogen) atoms. The Kier molecular flexibility index (Phi) is 4.20. The first-order chi connectivity index (χ1) is 9.68. The van der Waals surface area contributed by atoms with Gasteiger partial charge >= 0.3 is 0 Å². The third-order valence-corrected chi connectivity index (χ3v) is 4.37. The van der Waals surface area contributed by atoms with Gasteiger partial charge in [0.2, 0.25) is 15.9 Å². The fourth-order valence-electron chi connectivity index (χ4n) is 2.18. The first-order valence-corrected chi connectivity index (χ1v) is 8.07. The molecule has 1 saturated heterocycles. The van der Waals surface area contributed by atoms with Crippen LogP contribution in [0.1, 0.15) is 20.3 Å². The number of nitrogens with two attached hydrogens (primary N) is 1. The van der Waals surface area contributed by atoms with E-state index < -0.39 is 27.0 Å². The second-order valence-corrected chi connectivity index (χ2v) is 7.04. The van der Waals surface area contributed by atoms with Crippen molar-refractivity contribution in [1.82, 2.24) is 0 Å². The van der Waals surface area contributed by atoms with Gasteiger partial charge in [-0.1, -0.05) is 0 Å². The molecule has 8 heteroatoms. The molecule has 0 spiro atoms. The normalized spacial score (nSPS) is 19.4. The highest BCUT2D eigenvalue weighted by atomic mass is 32.2. The van der Waals surface area contributed by atoms with E-state index in [9.17, 15) is 17.6 Å². The van der Waals surface area contributed by atoms with Crippen LogP contribution in [0.4, 0.5) is 10.1 Å². The van der Waals surface area contributed by atoms with Gasteiger partial charge in [-0.2, -0.15) is 0 Å². The number of anilines is 1. The lowest BCUT2D eigenvalue weighted by Crippen LogP contribution is -2.32. The Morgan fingerprint density at radius 3 is 2.62 bits per heavy atom. The molecule has 0 aliphatic carbocycles. The smallest absolute Gasteiger partial charge is 0.228 e. The van der Waals surface area contributed by atoms with Crippen molar-refractivity contribution in [3.05, 3.63) is 24.0 Å². The number of carbonyl (C=O) groups excluding carboxylic acids is 1. The van der Waals surface area contributed by atoms with E-state index in [1.165, 1.54) is 17.0 Å². The van der Waals surface area contributed by atoms with Gasteiger partial charge in [-0.25, -0.2) is 17.9 Å². The molecule has 1 aliphatic heterocycles. The Morgan fingerprint density at radius 2 is 2.10 bits per heavy atom. The zero-order chi connectivity index (χ0) is 15.8. The molecule has 2 rings (SSSR count). The fraction of sp³-hybridized carbons (Fsp3) is 0.462. The van der Waals surface area contributed by atoms with Crippen LogP contribution < -0.4 is 14.8 Å². The van der Waals surface area contributed by atoms with E-state index in [0.717, 1.165) is 6.07 Å². The first-order valence-electron chi connectivity index (χ1n) is 6.46. The van der Waals surface area contributed by atoms with Crippen molar-refractivity contribution in [2.45, 2.75) is 31.6 Å². The summed E-state index contributed by atoms with van der Waals surface area (Å²) in [6.45, 7) is 3.49. The summed E-state index contributed by atoms with van der Waals surface area (Å²) >= 11 is 0. The molecule has 1 fully saturated rings. The Labute approximate surface area is 122 Å². The summed E-state index contributed by atoms with van der Waals surface area (Å²) in [7, 11) is -3.82. The molecule has 6 nitrogen and oxygen atoms in total. The molecule has 0 aromatic heterocycles. The third kappa shape index (κ3) is 3.51. The molecule has 1 aliphatic rings. The Morgan fingerprint density at radius 1 is 1.43 bits per heavy atom. The molecule has 116 valence electrons. The van der Waals surface area contributed by atoms with Gasteiger partial charge in [0, 0.05) is 19.0 Å². The Hall–Kier alpha value is -1.67. The zero-order valence-electron chi connectivity index (χ0n) is 11.7. The number of halogens is 1. The van der Waals surface area contributed by atoms with E-state index in [1.807, 2.05) is 0 Å². The van der Waals surface area contributed by atoms with Crippen molar-refractivity contribution in [3.63, 3.8) is 0 Å². The van der Waals surface area contributed by atoms with Crippen LogP contribution in [0.3, 0.4) is 0 Å². The summed E-state index contributed by atoms with van der Waals surface area (Å²) in [5.41, 5.74) is 0.222. The van der Waals surface area contributed by atoms with Crippen LogP contribution in [0, 0.1) is 5.82 Å². The van der Waals surface area contributed by atoms with E-state index in [-0.39, 0.29) is 24.8 Å². The largest absolute Gasteiger partial charge is 0.489 e. The highest BCUT2D eigenvalue weighted by molar-refractivity contribution is 7.89. The van der Waals surface area contributed by atoms with E-state index in [0.29, 0.717) is 5.75 Å². The van der Waals surface area contributed by atoms with Crippen LogP contribution in [-0.2, 0) is 14.8 Å². The van der Waals surface area contributed by atoms with E-state index >= 15 is 0 Å². The maximum Gasteiger partial charge on any atom is 0.228 e. The van der Waals surface area contributed by atoms with Gasteiger partial charge in [0.25, 0.3) is 0 Å². The standard InChI is InChI=1S/C13H17FN2O4S/c1-8(2)20-12-4-3-9(14)5-11(12)16-7-10(6-13(16)17)21(15,18)19/h3-5,8,10H,6-7H2,1-2H3,(H2,15,18,19). The van der Waals surface area contributed by atoms with Crippen LogP contribution in [0.5, 0.6) is 5.75 Å². The predicted octanol–water partition coefficient (Wildman–Crippen LogP) is 1.01. The number of carbonyl (C=O) groups is 1. The lowest BCUT2D eigenvalue weighted by molar-refractivity contribution is -0.117. The SMILES string of the molecule is CC(C)Oc1ccc(F)cc1N1CC(S(N)(=O)=O)CC1=O. The van der Waals surface area contributed by atoms with E-state index in [1.54, 1.807) is 13.8 Å². The molecule has 1 heterocycles. The number of primary sulfonamides is 1. The molecular weight excluding hydrogens is 299 g/mol. The van der Waals surface area contributed by atoms with Gasteiger partial charge in [0.1, 0.15) is 16.8 Å². The van der Waals surface area contributed by atoms with Gasteiger partial charge < -0.3 is 9.64 Å². The molecule has 1 aromatic rings. The van der Waals surface area contributed by atoms with Gasteiger partial charge in [-0.05, 0) is 26.0 Å². The monoisotopic (exact) mass is 316 g/mol. The predicted molar refractivity (Wildman–Crippen MR) is 76.0 cm³/mol. The van der Waals surface area contributed by atoms with Crippen molar-refractivity contribution in [3.8, 4) is 5.75 Å². The van der Waals surface area contributed by atoms with Gasteiger partial charge in [0.05, 0.1) is 11.8 Å². The van der Waals surface area contributed by atoms with Crippen LogP contribution >= 0.6 is 0 Å². The summed E-state index contributed by atoms with van der Waals surface area (Å²) in [6, 6.07) is 3.79. The number of ether oxygens (including phenoxy) is 1. The number of sulfonamides is 1. The minimum absolute atomic E-state index is 0.102. The lowest BCUT2D eigenvalue weighted by Gasteiger charge is -2.21. The van der Waals surface area contributed by atoms with E-state index in [2.05, 4.69) is 0 Å². The molecule has 0 saturated carbocycles. The molecule has 1 atom stereocenters. The fourth-order valence-corrected chi connectivity index (χ4v) is 2.91. The van der Waals surface area contributed by atoms with Crippen molar-refractivity contribution in [2.75, 3.05) is 11.4 Å². The summed E-state index contributed by atoms with van der Waals surface area (Å²) in [6.07, 6.45) is -0.378. The maximum atomic E-state index is 13.5. The maximum absolute atomic E-state index is 13.5. The van der Waals surface area contributed by atoms with Crippen LogP contribution in [0.2, 0.25) is 0 Å². The topological polar surface area (TPSA) is 89.7 Å². The minimum atomic E-state index is -3.82. The van der Waals surface area contributed by atoms with Crippen molar-refractivity contribution in [1.29, 1.82) is 0 Å². The molecule has 1 unspecified atom stereocenters. The van der Waals surface area contributed by atoms with Gasteiger partial charge in [0.15, 0.2) is 0 Å². The Bertz CT molecular complexity index is 660. The number of nitrogens with zero attached hydrogens (tertiary/aromatic N) is 1. The molecule has 0 bridgehead atoms. The summed E-state index contributed by atoms with van der Waals surface area (Å²) in [4.78, 5) is 13.2. The van der Waals surface area contributed by atoms with Crippen molar-refractivity contribution in [2.24, 2.45) is 5.14 Å². The minimum Gasteiger partial charge on any atom is -0.489 e. The van der Waals surface area contributed by atoms with Crippen LogP contribution in [0.15, 0.2) is 18.2 Å². The first kappa shape index (κ1) is 15.7. The summed E-state index contributed by atoms with van der Waals surface area (Å²) in [5.74, 6) is -0.629. The highest BCUT2D eigenvalue weighted by Gasteiger charge is 2.38. The molecule has 2 N–H and O–H groups in total. The van der Waals surface area contributed by atoms with Crippen molar-refractivity contribution < 1.29 is 22.3 Å². The number of amides is 1. The number of hydrogen-bond acceptors (Lipinski definition) is 4. The van der Waals surface area contributed by atoms with Crippen LogP contribution in [-0.4, -0.2) is 32.2 Å². The quantitative estimate of drug-likeness (QED) is 0.897. The summed E-state index contributed by atoms with van der Waals surface area (Å²) in [5, 5.41) is 4.09. The lowest BCUT2D eigenvalue weighted by atomic mass is 10.2. The second kappa shape index (κ2) is 5.61. The number of benzene rings is 1. The molecule has 1 amide bonds. The van der Waals surface area contributed by atoms with Crippen LogP contribution in [0.25, 0.3) is 0 Å². The number of rotatable bonds is 4. The third-order valence-electron chi connectivity index (χ3n) is 3.13. The summed E-state index contributed by atoms with van der Waals surface area (Å²) < 4.78 is 41.8. The van der Waals surface area contributed by atoms with Gasteiger partial charge in [-0.15, -0.1) is 0 Å². The highest BCUT2D eigenvalue weighted by Crippen LogP contribution is 2.34. The molecule has 1 aromatic carbocycles. The zero-order valence-corrected chi connectivity index (χ0v) is 12.6. The second-order valence-electron chi connectivity index (χ2n) is 5.20. The number of hydrogen-bond donors (Lipinski definition) is 1. The average Bonchev–Trinajstić information content (AvgIpc) is 2.73. The van der Waals surface area contributed by atoms with E-state index in [4.69, 9.17) is 9.88 Å². The molecule has 0 radical (unpaired) electrons. The molecular formula is C13H17FN2O4S. The van der Waals surface area contributed by atoms with Gasteiger partial charge in [-0.3, -0.25) is 4.79 Å². The Balaban J connectivity index is 2.37. The average molecular weight is 316 g/mol. The van der Waals surface area contributed by atoms with Crippen molar-refractivity contribution >= 4 is 21.6 Å².